The van der Waals surface area contributed by atoms with Crippen molar-refractivity contribution in [2.45, 2.75) is 31.7 Å². The lowest BCUT2D eigenvalue weighted by Gasteiger charge is -2.25. The van der Waals surface area contributed by atoms with E-state index in [0.717, 1.165) is 0 Å². The van der Waals surface area contributed by atoms with Crippen LogP contribution >= 0.6 is 0 Å². The summed E-state index contributed by atoms with van der Waals surface area (Å²) in [5.74, 6) is -3.31. The molecular formula is C9H15NO5. The van der Waals surface area contributed by atoms with E-state index in [9.17, 15) is 14.7 Å². The van der Waals surface area contributed by atoms with Crippen molar-refractivity contribution in [3.05, 3.63) is 0 Å². The Labute approximate surface area is 87.5 Å². The molecular weight excluding hydrogens is 202 g/mol. The van der Waals surface area contributed by atoms with Gasteiger partial charge in [0.05, 0.1) is 0 Å². The molecule has 86 valence electrons. The Morgan fingerprint density at radius 2 is 1.73 bits per heavy atom. The minimum absolute atomic E-state index is 0.148. The molecule has 0 bridgehead atoms. The van der Waals surface area contributed by atoms with Gasteiger partial charge in [-0.25, -0.2) is 0 Å². The highest BCUT2D eigenvalue weighted by atomic mass is 16.8. The lowest BCUT2D eigenvalue weighted by molar-refractivity contribution is -0.320. The summed E-state index contributed by atoms with van der Waals surface area (Å²) >= 11 is 0. The van der Waals surface area contributed by atoms with Crippen LogP contribution < -0.4 is 5.32 Å². The molecule has 0 atom stereocenters. The molecule has 1 heterocycles. The largest absolute Gasteiger partial charge is 0.397 e. The predicted molar refractivity (Wildman–Crippen MR) is 49.5 cm³/mol. The topological polar surface area (TPSA) is 84.9 Å². The maximum Gasteiger partial charge on any atom is 0.386 e. The van der Waals surface area contributed by atoms with Crippen LogP contribution in [0.25, 0.3) is 0 Å². The molecule has 0 aromatic heterocycles. The fourth-order valence-electron chi connectivity index (χ4n) is 1.31. The molecule has 0 aromatic rings. The van der Waals surface area contributed by atoms with E-state index < -0.39 is 17.9 Å². The number of carbonyl (C=O) groups is 2. The molecule has 15 heavy (non-hydrogen) atoms. The zero-order valence-corrected chi connectivity index (χ0v) is 8.62. The minimum Gasteiger partial charge on any atom is -0.397 e. The van der Waals surface area contributed by atoms with Crippen molar-refractivity contribution in [2.75, 3.05) is 13.6 Å². The zero-order chi connectivity index (χ0) is 11.3. The third-order valence-corrected chi connectivity index (χ3v) is 1.96. The van der Waals surface area contributed by atoms with Crippen LogP contribution in [0.4, 0.5) is 0 Å². The molecule has 0 aromatic carbocycles. The van der Waals surface area contributed by atoms with Crippen LogP contribution in [0.5, 0.6) is 0 Å². The fourth-order valence-corrected chi connectivity index (χ4v) is 1.31. The summed E-state index contributed by atoms with van der Waals surface area (Å²) in [6, 6.07) is 0. The molecule has 0 unspecified atom stereocenters. The third kappa shape index (κ3) is 3.85. The summed E-state index contributed by atoms with van der Waals surface area (Å²) < 4.78 is 9.36. The average molecular weight is 217 g/mol. The molecule has 1 aliphatic rings. The van der Waals surface area contributed by atoms with E-state index in [1.807, 2.05) is 0 Å². The van der Waals surface area contributed by atoms with Crippen molar-refractivity contribution >= 4 is 11.9 Å². The second-order valence-corrected chi connectivity index (χ2v) is 3.40. The second kappa shape index (κ2) is 5.09. The quantitative estimate of drug-likeness (QED) is 0.607. The number of esters is 2. The number of rotatable bonds is 2. The fraction of sp³-hybridized carbons (Fsp3) is 0.778. The van der Waals surface area contributed by atoms with Crippen molar-refractivity contribution in [2.24, 2.45) is 0 Å². The Balaban J connectivity index is 2.71. The molecule has 1 fully saturated rings. The van der Waals surface area contributed by atoms with Crippen molar-refractivity contribution in [3.8, 4) is 0 Å². The average Bonchev–Trinajstić information content (AvgIpc) is 2.16. The van der Waals surface area contributed by atoms with Crippen LogP contribution in [0, 0.1) is 0 Å². The molecule has 0 aliphatic carbocycles. The van der Waals surface area contributed by atoms with Gasteiger partial charge in [-0.2, -0.15) is 0 Å². The summed E-state index contributed by atoms with van der Waals surface area (Å²) in [5, 5.41) is 12.3. The van der Waals surface area contributed by atoms with E-state index in [0.29, 0.717) is 12.8 Å². The molecule has 1 aliphatic heterocycles. The molecule has 1 saturated heterocycles. The Morgan fingerprint density at radius 1 is 1.27 bits per heavy atom. The molecule has 0 radical (unpaired) electrons. The van der Waals surface area contributed by atoms with Crippen LogP contribution in [-0.2, 0) is 19.1 Å². The first kappa shape index (κ1) is 11.9. The van der Waals surface area contributed by atoms with E-state index in [1.54, 1.807) is 7.05 Å². The number of hydrogen-bond donors (Lipinski definition) is 2. The Bertz CT molecular complexity index is 233. The van der Waals surface area contributed by atoms with Gasteiger partial charge in [0.15, 0.2) is 0 Å². The van der Waals surface area contributed by atoms with Gasteiger partial charge >= 0.3 is 17.9 Å². The highest BCUT2D eigenvalue weighted by Crippen LogP contribution is 2.16. The summed E-state index contributed by atoms with van der Waals surface area (Å²) in [5.41, 5.74) is 0. The van der Waals surface area contributed by atoms with Gasteiger partial charge < -0.3 is 19.9 Å². The van der Waals surface area contributed by atoms with Gasteiger partial charge in [0, 0.05) is 12.8 Å². The molecule has 0 amide bonds. The Kier molecular flexibility index (Phi) is 4.05. The van der Waals surface area contributed by atoms with Gasteiger partial charge in [0.25, 0.3) is 0 Å². The number of ether oxygens (including phenoxy) is 2. The van der Waals surface area contributed by atoms with E-state index >= 15 is 0 Å². The van der Waals surface area contributed by atoms with Crippen molar-refractivity contribution in [3.63, 3.8) is 0 Å². The van der Waals surface area contributed by atoms with Gasteiger partial charge in [0.2, 0.25) is 0 Å². The standard InChI is InChI=1S/C9H15NO5/c1-10-6-9(13)14-7(11)4-2-3-5-8(12)15-9/h10,13H,2-6H2,1H3. The monoisotopic (exact) mass is 217 g/mol. The summed E-state index contributed by atoms with van der Waals surface area (Å²) in [7, 11) is 1.55. The number of aliphatic hydroxyl groups is 1. The number of hydrogen-bond acceptors (Lipinski definition) is 6. The smallest absolute Gasteiger partial charge is 0.386 e. The van der Waals surface area contributed by atoms with Crippen molar-refractivity contribution in [1.82, 2.24) is 5.32 Å². The van der Waals surface area contributed by atoms with E-state index in [1.165, 1.54) is 0 Å². The highest BCUT2D eigenvalue weighted by Gasteiger charge is 2.36. The Morgan fingerprint density at radius 3 is 2.13 bits per heavy atom. The van der Waals surface area contributed by atoms with E-state index in [-0.39, 0.29) is 19.4 Å². The van der Waals surface area contributed by atoms with Crippen LogP contribution in [0.3, 0.4) is 0 Å². The summed E-state index contributed by atoms with van der Waals surface area (Å²) in [6.45, 7) is -0.148. The van der Waals surface area contributed by atoms with Gasteiger partial charge in [-0.15, -0.1) is 0 Å². The van der Waals surface area contributed by atoms with E-state index in [2.05, 4.69) is 14.8 Å². The lowest BCUT2D eigenvalue weighted by atomic mass is 10.2. The van der Waals surface area contributed by atoms with Crippen LogP contribution in [0.2, 0.25) is 0 Å². The summed E-state index contributed by atoms with van der Waals surface area (Å²) in [4.78, 5) is 22.4. The van der Waals surface area contributed by atoms with E-state index in [4.69, 9.17) is 0 Å². The molecule has 0 saturated carbocycles. The Hall–Kier alpha value is -1.14. The molecule has 1 rings (SSSR count). The van der Waals surface area contributed by atoms with Gasteiger partial charge in [-0.1, -0.05) is 0 Å². The minimum atomic E-state index is -2.17. The van der Waals surface area contributed by atoms with Gasteiger partial charge in [-0.05, 0) is 19.9 Å². The number of nitrogens with one attached hydrogen (secondary N) is 1. The van der Waals surface area contributed by atoms with Crippen LogP contribution in [-0.4, -0.2) is 36.6 Å². The van der Waals surface area contributed by atoms with Crippen molar-refractivity contribution in [1.29, 1.82) is 0 Å². The number of cyclic esters (lactones) is 2. The maximum absolute atomic E-state index is 11.2. The first-order valence-corrected chi connectivity index (χ1v) is 4.86. The highest BCUT2D eigenvalue weighted by molar-refractivity contribution is 5.72. The SMILES string of the molecule is CNCC1(O)OC(=O)CCCCC(=O)O1. The van der Waals surface area contributed by atoms with Crippen molar-refractivity contribution < 1.29 is 24.2 Å². The first-order valence-electron chi connectivity index (χ1n) is 4.86. The van der Waals surface area contributed by atoms with Gasteiger partial charge in [0.1, 0.15) is 6.54 Å². The lowest BCUT2D eigenvalue weighted by Crippen LogP contribution is -2.47. The molecule has 6 nitrogen and oxygen atoms in total. The number of likely N-dealkylation sites (N-methyl/N-ethyl adjacent to an activating group) is 1. The summed E-state index contributed by atoms with van der Waals surface area (Å²) in [6.07, 6.45) is 1.48. The second-order valence-electron chi connectivity index (χ2n) is 3.40. The van der Waals surface area contributed by atoms with Crippen LogP contribution in [0.1, 0.15) is 25.7 Å². The molecule has 2 N–H and O–H groups in total. The predicted octanol–water partition coefficient (Wildman–Crippen LogP) is -0.488. The third-order valence-electron chi connectivity index (χ3n) is 1.96. The normalized spacial score (nSPS) is 22.0. The first-order chi connectivity index (χ1) is 7.06. The zero-order valence-electron chi connectivity index (χ0n) is 8.62. The maximum atomic E-state index is 11.2. The number of carbonyl (C=O) groups excluding carboxylic acids is 2. The van der Waals surface area contributed by atoms with Crippen LogP contribution in [0.15, 0.2) is 0 Å². The molecule has 6 heteroatoms. The molecule has 0 spiro atoms. The van der Waals surface area contributed by atoms with Gasteiger partial charge in [-0.3, -0.25) is 9.59 Å².